The molecule has 0 saturated heterocycles. The molecule has 2 aromatic carbocycles. The van der Waals surface area contributed by atoms with Crippen molar-refractivity contribution in [2.75, 3.05) is 0 Å². The Hall–Kier alpha value is -2.84. The van der Waals surface area contributed by atoms with Gasteiger partial charge in [-0.1, -0.05) is 36.0 Å². The van der Waals surface area contributed by atoms with Gasteiger partial charge in [-0.15, -0.1) is 0 Å². The molecule has 2 heterocycles. The fourth-order valence-corrected chi connectivity index (χ4v) is 7.30. The number of allylic oxidation sites excluding steroid dienone is 2. The molecule has 0 amide bonds. The van der Waals surface area contributed by atoms with Gasteiger partial charge >= 0.3 is 10.6 Å². The van der Waals surface area contributed by atoms with Gasteiger partial charge in [0.15, 0.2) is 0 Å². The molecule has 0 fully saturated rings. The molecule has 2 aliphatic rings. The molecule has 0 spiro atoms. The first-order valence-electron chi connectivity index (χ1n) is 7.39. The number of rotatable bonds is 0. The lowest BCUT2D eigenvalue weighted by molar-refractivity contribution is 0.101. The van der Waals surface area contributed by atoms with Gasteiger partial charge in [-0.05, 0) is 24.3 Å². The molecule has 6 nitrogen and oxygen atoms in total. The van der Waals surface area contributed by atoms with Gasteiger partial charge in [-0.3, -0.25) is 9.59 Å². The van der Waals surface area contributed by atoms with E-state index in [2.05, 4.69) is 0 Å². The molecular formula is C18H10O6S2. The predicted molar refractivity (Wildman–Crippen MR) is 96.3 cm³/mol. The Bertz CT molecular complexity index is 1050. The second-order valence-electron chi connectivity index (χ2n) is 5.56. The van der Waals surface area contributed by atoms with Crippen LogP contribution in [0.5, 0.6) is 0 Å². The Kier molecular flexibility index (Phi) is 3.57. The van der Waals surface area contributed by atoms with Crippen molar-refractivity contribution < 1.29 is 29.4 Å². The molecule has 0 bridgehead atoms. The van der Waals surface area contributed by atoms with Crippen LogP contribution in [-0.2, 0) is 0 Å². The highest BCUT2D eigenvalue weighted by Gasteiger charge is 2.57. The van der Waals surface area contributed by atoms with Gasteiger partial charge in [0, 0.05) is 30.9 Å². The zero-order valence-corrected chi connectivity index (χ0v) is 14.6. The van der Waals surface area contributed by atoms with Crippen molar-refractivity contribution in [3.05, 3.63) is 69.5 Å². The molecule has 0 atom stereocenters. The minimum Gasteiger partial charge on any atom is -0.473 e. The molecule has 0 unspecified atom stereocenters. The van der Waals surface area contributed by atoms with E-state index >= 15 is 0 Å². The molecule has 0 radical (unpaired) electrons. The average molecular weight is 386 g/mol. The van der Waals surface area contributed by atoms with E-state index in [0.29, 0.717) is 10.5 Å². The fourth-order valence-electron chi connectivity index (χ4n) is 3.14. The summed E-state index contributed by atoms with van der Waals surface area (Å²) in [6.45, 7) is 0. The van der Waals surface area contributed by atoms with Crippen LogP contribution >= 0.6 is 21.8 Å². The zero-order chi connectivity index (χ0) is 18.6. The smallest absolute Gasteiger partial charge is 0.365 e. The Morgan fingerprint density at radius 3 is 2.00 bits per heavy atom. The third-order valence-electron chi connectivity index (χ3n) is 4.25. The summed E-state index contributed by atoms with van der Waals surface area (Å²) in [6.07, 6.45) is 0. The van der Waals surface area contributed by atoms with Crippen molar-refractivity contribution in [3.8, 4) is 0 Å². The van der Waals surface area contributed by atoms with Crippen LogP contribution in [0.25, 0.3) is 0 Å². The number of hydrogen-bond donors (Lipinski definition) is 2. The van der Waals surface area contributed by atoms with E-state index < -0.39 is 37.1 Å². The van der Waals surface area contributed by atoms with Crippen molar-refractivity contribution in [1.29, 1.82) is 0 Å². The number of Topliss-reactive ketones (excluding diaryl/α,β-unsaturated/α-hetero) is 2. The minimum absolute atomic E-state index is 0.0270. The molecule has 8 heteroatoms. The van der Waals surface area contributed by atoms with E-state index in [0.717, 1.165) is 11.8 Å². The Morgan fingerprint density at radius 2 is 1.38 bits per heavy atom. The summed E-state index contributed by atoms with van der Waals surface area (Å²) in [6, 6.07) is 12.4. The van der Waals surface area contributed by atoms with Gasteiger partial charge in [-0.2, -0.15) is 0 Å². The fraction of sp³-hybridized carbons (Fsp3) is 0. The van der Waals surface area contributed by atoms with Crippen LogP contribution in [0.15, 0.2) is 68.1 Å². The maximum Gasteiger partial charge on any atom is 0.365 e. The number of hydrogen-bond acceptors (Lipinski definition) is 5. The third kappa shape index (κ3) is 1.91. The first-order chi connectivity index (χ1) is 12.4. The highest BCUT2D eigenvalue weighted by Crippen LogP contribution is 2.71. The van der Waals surface area contributed by atoms with Crippen LogP contribution in [0, 0.1) is 0 Å². The number of fused-ring (bicyclic) bond motifs is 2. The van der Waals surface area contributed by atoms with Crippen molar-refractivity contribution in [2.45, 2.75) is 9.79 Å². The first kappa shape index (κ1) is 16.6. The van der Waals surface area contributed by atoms with Crippen molar-refractivity contribution in [3.63, 3.8) is 0 Å². The summed E-state index contributed by atoms with van der Waals surface area (Å²) >= 11 is 0.956. The van der Waals surface area contributed by atoms with Crippen LogP contribution in [0.2, 0.25) is 0 Å². The van der Waals surface area contributed by atoms with Gasteiger partial charge in [-0.25, -0.2) is 9.59 Å². The van der Waals surface area contributed by atoms with Crippen LogP contribution in [0.3, 0.4) is 0 Å². The SMILES string of the molecule is O=C1/C(=C2\C(=O)c3ccccc3S2(C(=O)O)C(=O)O)Sc2ccccc21. The maximum atomic E-state index is 13.0. The molecule has 0 aliphatic carbocycles. The van der Waals surface area contributed by atoms with Crippen LogP contribution in [0.1, 0.15) is 20.7 Å². The molecule has 26 heavy (non-hydrogen) atoms. The summed E-state index contributed by atoms with van der Waals surface area (Å²) in [7, 11) is -3.76. The lowest BCUT2D eigenvalue weighted by atomic mass is 10.1. The minimum atomic E-state index is -3.76. The molecule has 4 rings (SSSR count). The van der Waals surface area contributed by atoms with Gasteiger partial charge in [0.25, 0.3) is 0 Å². The number of carbonyl (C=O) groups is 4. The van der Waals surface area contributed by atoms with E-state index in [4.69, 9.17) is 0 Å². The van der Waals surface area contributed by atoms with Crippen molar-refractivity contribution in [2.24, 2.45) is 0 Å². The summed E-state index contributed by atoms with van der Waals surface area (Å²) in [5.74, 6) is -1.22. The lowest BCUT2D eigenvalue weighted by Gasteiger charge is -2.27. The summed E-state index contributed by atoms with van der Waals surface area (Å²) in [5, 5.41) is 16.5. The largest absolute Gasteiger partial charge is 0.473 e. The third-order valence-corrected chi connectivity index (χ3v) is 8.62. The quantitative estimate of drug-likeness (QED) is 0.637. The van der Waals surface area contributed by atoms with E-state index in [1.165, 1.54) is 24.3 Å². The maximum absolute atomic E-state index is 13.0. The Morgan fingerprint density at radius 1 is 0.808 bits per heavy atom. The second kappa shape index (κ2) is 5.58. The van der Waals surface area contributed by atoms with Gasteiger partial charge in [0.2, 0.25) is 11.6 Å². The van der Waals surface area contributed by atoms with Crippen LogP contribution < -0.4 is 0 Å². The van der Waals surface area contributed by atoms with Gasteiger partial charge < -0.3 is 10.2 Å². The highest BCUT2D eigenvalue weighted by molar-refractivity contribution is 8.58. The molecule has 0 saturated carbocycles. The first-order valence-corrected chi connectivity index (χ1v) is 9.84. The molecule has 2 aliphatic heterocycles. The number of benzene rings is 2. The molecular weight excluding hydrogens is 376 g/mol. The van der Waals surface area contributed by atoms with E-state index in [9.17, 15) is 29.4 Å². The number of carboxylic acid groups (broad SMARTS) is 2. The summed E-state index contributed by atoms with van der Waals surface area (Å²) < 4.78 is 0. The van der Waals surface area contributed by atoms with Crippen LogP contribution in [-0.4, -0.2) is 32.4 Å². The van der Waals surface area contributed by atoms with E-state index in [1.54, 1.807) is 24.3 Å². The van der Waals surface area contributed by atoms with Crippen LogP contribution in [0.4, 0.5) is 9.59 Å². The Labute approximate surface area is 152 Å². The number of ketones is 2. The standard InChI is InChI=1S/C18H10O6S2/c19-13-9-5-1-3-7-11(9)25-15(13)16-14(20)10-6-2-4-8-12(10)26(16,17(21)22)18(23)24/h1-8H,(H,21,22)(H,23,24)/b16-15-. The average Bonchev–Trinajstić information content (AvgIpc) is 3.08. The number of thioether (sulfide) groups is 1. The number of carbonyl (C=O) groups excluding carboxylic acids is 2. The summed E-state index contributed by atoms with van der Waals surface area (Å²) in [5.41, 5.74) is 0.368. The zero-order valence-electron chi connectivity index (χ0n) is 13.0. The Balaban J connectivity index is 2.09. The summed E-state index contributed by atoms with van der Waals surface area (Å²) in [4.78, 5) is 50.1. The van der Waals surface area contributed by atoms with E-state index in [1.807, 2.05) is 0 Å². The highest BCUT2D eigenvalue weighted by atomic mass is 32.3. The van der Waals surface area contributed by atoms with Crippen molar-refractivity contribution in [1.82, 2.24) is 0 Å². The molecule has 0 aromatic heterocycles. The monoisotopic (exact) mass is 386 g/mol. The lowest BCUT2D eigenvalue weighted by Crippen LogP contribution is -2.21. The predicted octanol–water partition coefficient (Wildman–Crippen LogP) is 4.60. The van der Waals surface area contributed by atoms with Gasteiger partial charge in [0.05, 0.1) is 9.81 Å². The van der Waals surface area contributed by atoms with Crippen molar-refractivity contribution >= 4 is 44.0 Å². The molecule has 2 aromatic rings. The normalized spacial score (nSPS) is 21.2. The van der Waals surface area contributed by atoms with Gasteiger partial charge in [0.1, 0.15) is 0 Å². The second-order valence-corrected chi connectivity index (χ2v) is 9.38. The molecule has 2 N–H and O–H groups in total. The molecule has 130 valence electrons. The van der Waals surface area contributed by atoms with E-state index in [-0.39, 0.29) is 15.4 Å². The topological polar surface area (TPSA) is 109 Å².